The summed E-state index contributed by atoms with van der Waals surface area (Å²) in [5, 5.41) is 10.1. The Balaban J connectivity index is 2.55. The Bertz CT molecular complexity index is 876. The number of carbonyl (C=O) groups is 1. The minimum absolute atomic E-state index is 0.00530. The quantitative estimate of drug-likeness (QED) is 0.756. The minimum atomic E-state index is -3.81. The van der Waals surface area contributed by atoms with Crippen LogP contribution >= 0.6 is 15.9 Å². The molecule has 6 nitrogen and oxygen atoms in total. The molecule has 128 valence electrons. The second-order valence-electron chi connectivity index (χ2n) is 4.83. The van der Waals surface area contributed by atoms with Gasteiger partial charge in [-0.3, -0.25) is 0 Å². The number of para-hydroxylation sites is 1. The van der Waals surface area contributed by atoms with E-state index in [4.69, 9.17) is 4.74 Å². The number of ether oxygens (including phenoxy) is 2. The van der Waals surface area contributed by atoms with Gasteiger partial charge in [-0.05, 0) is 39.7 Å². The number of hydrogen-bond donors (Lipinski definition) is 1. The molecule has 0 aliphatic heterocycles. The highest BCUT2D eigenvalue weighted by Gasteiger charge is 2.26. The number of phenolic OH excluding ortho intramolecular Hbond substituents is 1. The molecule has 0 saturated heterocycles. The summed E-state index contributed by atoms with van der Waals surface area (Å²) in [5.41, 5.74) is -0.0567. The molecule has 0 saturated carbocycles. The van der Waals surface area contributed by atoms with Gasteiger partial charge in [0.25, 0.3) is 0 Å². The molecule has 0 bridgehead atoms. The van der Waals surface area contributed by atoms with Gasteiger partial charge in [0.15, 0.2) is 9.84 Å². The van der Waals surface area contributed by atoms with Crippen LogP contribution in [0.5, 0.6) is 11.5 Å². The zero-order valence-electron chi connectivity index (χ0n) is 12.9. The van der Waals surface area contributed by atoms with Gasteiger partial charge < -0.3 is 14.6 Å². The predicted molar refractivity (Wildman–Crippen MR) is 91.0 cm³/mol. The molecule has 8 heteroatoms. The molecule has 0 amide bonds. The Kier molecular flexibility index (Phi) is 5.51. The number of methoxy groups -OCH3 is 2. The van der Waals surface area contributed by atoms with Gasteiger partial charge >= 0.3 is 5.97 Å². The minimum Gasteiger partial charge on any atom is -0.506 e. The number of hydrogen-bond acceptors (Lipinski definition) is 6. The lowest BCUT2D eigenvalue weighted by Crippen LogP contribution is -2.12. The summed E-state index contributed by atoms with van der Waals surface area (Å²) in [7, 11) is -1.28. The SMILES string of the molecule is COC(=O)c1c(CS(=O)(=O)c2ccccc2OC)ccc(Br)c1O. The number of esters is 1. The van der Waals surface area contributed by atoms with Gasteiger partial charge in [-0.15, -0.1) is 0 Å². The first-order valence-corrected chi connectivity index (χ1v) is 9.20. The molecule has 0 radical (unpaired) electrons. The highest BCUT2D eigenvalue weighted by molar-refractivity contribution is 9.10. The van der Waals surface area contributed by atoms with Gasteiger partial charge in [-0.25, -0.2) is 13.2 Å². The smallest absolute Gasteiger partial charge is 0.341 e. The van der Waals surface area contributed by atoms with E-state index in [9.17, 15) is 18.3 Å². The standard InChI is InChI=1S/C16H15BrO6S/c1-22-12-5-3-4-6-13(12)24(20,21)9-10-7-8-11(17)15(18)14(10)16(19)23-2/h3-8,18H,9H2,1-2H3. The molecule has 2 aromatic carbocycles. The van der Waals surface area contributed by atoms with Crippen molar-refractivity contribution in [2.24, 2.45) is 0 Å². The van der Waals surface area contributed by atoms with Crippen molar-refractivity contribution in [2.45, 2.75) is 10.6 Å². The average Bonchev–Trinajstić information content (AvgIpc) is 2.57. The van der Waals surface area contributed by atoms with E-state index in [1.807, 2.05) is 0 Å². The van der Waals surface area contributed by atoms with Gasteiger partial charge in [-0.2, -0.15) is 0 Å². The molecular weight excluding hydrogens is 400 g/mol. The summed E-state index contributed by atoms with van der Waals surface area (Å²) in [5.74, 6) is -1.47. The highest BCUT2D eigenvalue weighted by atomic mass is 79.9. The molecule has 0 aliphatic rings. The third kappa shape index (κ3) is 3.54. The second kappa shape index (κ2) is 7.23. The van der Waals surface area contributed by atoms with Crippen LogP contribution in [0.3, 0.4) is 0 Å². The summed E-state index contributed by atoms with van der Waals surface area (Å²) in [6.45, 7) is 0. The summed E-state index contributed by atoms with van der Waals surface area (Å²) < 4.78 is 35.4. The zero-order chi connectivity index (χ0) is 17.9. The third-order valence-electron chi connectivity index (χ3n) is 3.35. The normalized spacial score (nSPS) is 11.1. The first-order chi connectivity index (χ1) is 11.3. The van der Waals surface area contributed by atoms with E-state index < -0.39 is 21.6 Å². The van der Waals surface area contributed by atoms with Crippen molar-refractivity contribution >= 4 is 31.7 Å². The first-order valence-electron chi connectivity index (χ1n) is 6.76. The summed E-state index contributed by atoms with van der Waals surface area (Å²) >= 11 is 3.10. The van der Waals surface area contributed by atoms with Crippen LogP contribution in [0.1, 0.15) is 15.9 Å². The van der Waals surface area contributed by atoms with E-state index in [1.165, 1.54) is 31.4 Å². The van der Waals surface area contributed by atoms with Crippen LogP contribution < -0.4 is 4.74 Å². The molecule has 1 N–H and O–H groups in total. The van der Waals surface area contributed by atoms with Crippen LogP contribution in [0.25, 0.3) is 0 Å². The van der Waals surface area contributed by atoms with Crippen LogP contribution in [0, 0.1) is 0 Å². The van der Waals surface area contributed by atoms with Gasteiger partial charge in [0.05, 0.1) is 24.4 Å². The Morgan fingerprint density at radius 1 is 1.17 bits per heavy atom. The summed E-state index contributed by atoms with van der Waals surface area (Å²) in [6.07, 6.45) is 0. The molecule has 2 rings (SSSR count). The zero-order valence-corrected chi connectivity index (χ0v) is 15.3. The fourth-order valence-electron chi connectivity index (χ4n) is 2.22. The van der Waals surface area contributed by atoms with Gasteiger partial charge in [0, 0.05) is 0 Å². The van der Waals surface area contributed by atoms with Gasteiger partial charge in [0.1, 0.15) is 22.0 Å². The van der Waals surface area contributed by atoms with Crippen molar-refractivity contribution < 1.29 is 27.8 Å². The number of sulfone groups is 1. The number of aromatic hydroxyl groups is 1. The molecule has 0 spiro atoms. The number of phenols is 1. The predicted octanol–water partition coefficient (Wildman–Crippen LogP) is 2.92. The van der Waals surface area contributed by atoms with E-state index in [1.54, 1.807) is 12.1 Å². The number of benzene rings is 2. The van der Waals surface area contributed by atoms with Crippen LogP contribution in [0.2, 0.25) is 0 Å². The van der Waals surface area contributed by atoms with Crippen molar-refractivity contribution in [3.63, 3.8) is 0 Å². The monoisotopic (exact) mass is 414 g/mol. The maximum absolute atomic E-state index is 12.7. The fraction of sp³-hybridized carbons (Fsp3) is 0.188. The second-order valence-corrected chi connectivity index (χ2v) is 7.64. The maximum atomic E-state index is 12.7. The van der Waals surface area contributed by atoms with Crippen molar-refractivity contribution in [1.29, 1.82) is 0 Å². The topological polar surface area (TPSA) is 89.9 Å². The molecule has 24 heavy (non-hydrogen) atoms. The lowest BCUT2D eigenvalue weighted by atomic mass is 10.1. The van der Waals surface area contributed by atoms with Crippen LogP contribution in [0.4, 0.5) is 0 Å². The molecule has 0 aliphatic carbocycles. The molecule has 2 aromatic rings. The number of halogens is 1. The van der Waals surface area contributed by atoms with E-state index in [0.29, 0.717) is 0 Å². The van der Waals surface area contributed by atoms with Crippen LogP contribution in [-0.2, 0) is 20.3 Å². The van der Waals surface area contributed by atoms with E-state index in [0.717, 1.165) is 7.11 Å². The lowest BCUT2D eigenvalue weighted by molar-refractivity contribution is 0.0596. The Hall–Kier alpha value is -2.06. The van der Waals surface area contributed by atoms with Crippen molar-refractivity contribution in [3.8, 4) is 11.5 Å². The lowest BCUT2D eigenvalue weighted by Gasteiger charge is -2.13. The van der Waals surface area contributed by atoms with Gasteiger partial charge in [-0.1, -0.05) is 18.2 Å². The number of carbonyl (C=O) groups excluding carboxylic acids is 1. The Labute approximate surface area is 148 Å². The fourth-order valence-corrected chi connectivity index (χ4v) is 4.10. The van der Waals surface area contributed by atoms with E-state index in [2.05, 4.69) is 20.7 Å². The molecule has 0 fully saturated rings. The first kappa shape index (κ1) is 18.3. The Morgan fingerprint density at radius 3 is 2.46 bits per heavy atom. The van der Waals surface area contributed by atoms with Crippen molar-refractivity contribution in [3.05, 3.63) is 52.0 Å². The number of rotatable bonds is 5. The molecular formula is C16H15BrO6S. The van der Waals surface area contributed by atoms with Crippen molar-refractivity contribution in [2.75, 3.05) is 14.2 Å². The van der Waals surface area contributed by atoms with E-state index in [-0.39, 0.29) is 32.0 Å². The molecule has 0 atom stereocenters. The highest BCUT2D eigenvalue weighted by Crippen LogP contribution is 2.34. The Morgan fingerprint density at radius 2 is 1.83 bits per heavy atom. The van der Waals surface area contributed by atoms with Crippen molar-refractivity contribution in [1.82, 2.24) is 0 Å². The van der Waals surface area contributed by atoms with Crippen LogP contribution in [0.15, 0.2) is 45.8 Å². The largest absolute Gasteiger partial charge is 0.506 e. The van der Waals surface area contributed by atoms with E-state index >= 15 is 0 Å². The van der Waals surface area contributed by atoms with Crippen LogP contribution in [-0.4, -0.2) is 33.7 Å². The molecule has 0 unspecified atom stereocenters. The average molecular weight is 415 g/mol. The molecule has 0 heterocycles. The maximum Gasteiger partial charge on any atom is 0.341 e. The van der Waals surface area contributed by atoms with Gasteiger partial charge in [0.2, 0.25) is 0 Å². The summed E-state index contributed by atoms with van der Waals surface area (Å²) in [4.78, 5) is 11.9. The summed E-state index contributed by atoms with van der Waals surface area (Å²) in [6, 6.07) is 9.11. The third-order valence-corrected chi connectivity index (χ3v) is 5.69. The molecule has 0 aromatic heterocycles.